The van der Waals surface area contributed by atoms with Gasteiger partial charge in [-0.2, -0.15) is 4.31 Å². The zero-order valence-electron chi connectivity index (χ0n) is 17.6. The van der Waals surface area contributed by atoms with Crippen molar-refractivity contribution >= 4 is 21.6 Å². The summed E-state index contributed by atoms with van der Waals surface area (Å²) in [4.78, 5) is 15.4. The third-order valence-corrected chi connectivity index (χ3v) is 7.80. The third kappa shape index (κ3) is 5.33. The Balaban J connectivity index is 1.44. The number of rotatable bonds is 7. The van der Waals surface area contributed by atoms with E-state index in [9.17, 15) is 13.2 Å². The van der Waals surface area contributed by atoms with Crippen LogP contribution in [0.5, 0.6) is 0 Å². The van der Waals surface area contributed by atoms with Gasteiger partial charge in [0.1, 0.15) is 0 Å². The van der Waals surface area contributed by atoms with Crippen molar-refractivity contribution in [3.8, 4) is 0 Å². The predicted molar refractivity (Wildman–Crippen MR) is 120 cm³/mol. The molecule has 166 valence electrons. The first-order valence-corrected chi connectivity index (χ1v) is 12.3. The number of morpholine rings is 1. The summed E-state index contributed by atoms with van der Waals surface area (Å²) in [5.74, 6) is -0.433. The van der Waals surface area contributed by atoms with Crippen LogP contribution in [0.4, 0.5) is 5.69 Å². The summed E-state index contributed by atoms with van der Waals surface area (Å²) in [7, 11) is -3.76. The number of amides is 1. The summed E-state index contributed by atoms with van der Waals surface area (Å²) in [6.07, 6.45) is 3.55. The highest BCUT2D eigenvalue weighted by atomic mass is 32.2. The zero-order chi connectivity index (χ0) is 21.7. The van der Waals surface area contributed by atoms with Crippen molar-refractivity contribution in [1.29, 1.82) is 0 Å². The summed E-state index contributed by atoms with van der Waals surface area (Å²) < 4.78 is 32.8. The van der Waals surface area contributed by atoms with E-state index < -0.39 is 15.9 Å². The molecule has 2 saturated heterocycles. The Morgan fingerprint density at radius 1 is 0.935 bits per heavy atom. The first kappa shape index (κ1) is 22.0. The second kappa shape index (κ2) is 9.91. The molecular formula is C23H29N3O4S. The van der Waals surface area contributed by atoms with Gasteiger partial charge in [-0.25, -0.2) is 8.42 Å². The van der Waals surface area contributed by atoms with Crippen LogP contribution in [0.3, 0.4) is 0 Å². The van der Waals surface area contributed by atoms with Crippen LogP contribution in [0.15, 0.2) is 53.4 Å². The number of ether oxygens (including phenoxy) is 1. The van der Waals surface area contributed by atoms with Crippen molar-refractivity contribution in [2.75, 3.05) is 51.3 Å². The van der Waals surface area contributed by atoms with Crippen LogP contribution >= 0.6 is 0 Å². The number of sulfonamides is 1. The van der Waals surface area contributed by atoms with Crippen molar-refractivity contribution in [2.24, 2.45) is 0 Å². The van der Waals surface area contributed by atoms with E-state index in [0.717, 1.165) is 13.0 Å². The van der Waals surface area contributed by atoms with E-state index in [2.05, 4.69) is 10.2 Å². The van der Waals surface area contributed by atoms with Gasteiger partial charge in [0.2, 0.25) is 10.0 Å². The standard InChI is InChI=1S/C23H29N3O4S/c27-23(24-20-9-7-19(8-10-20)11-14-25-12-3-4-13-25)21-5-1-2-6-22(21)31(28,29)26-15-17-30-18-16-26/h1-2,5-10H,3-4,11-18H2,(H,24,27). The normalized spacial score (nSPS) is 18.2. The number of carbonyl (C=O) groups is 1. The summed E-state index contributed by atoms with van der Waals surface area (Å²) in [5.41, 5.74) is 2.01. The molecule has 0 aromatic heterocycles. The monoisotopic (exact) mass is 443 g/mol. The molecule has 0 atom stereocenters. The molecule has 0 unspecified atom stereocenters. The van der Waals surface area contributed by atoms with Gasteiger partial charge in [0.15, 0.2) is 0 Å². The Hall–Kier alpha value is -2.26. The Labute approximate surface area is 184 Å². The number of nitrogens with zero attached hydrogens (tertiary/aromatic N) is 2. The summed E-state index contributed by atoms with van der Waals surface area (Å²) in [6, 6.07) is 14.1. The average molecular weight is 444 g/mol. The zero-order valence-corrected chi connectivity index (χ0v) is 18.4. The van der Waals surface area contributed by atoms with Gasteiger partial charge in [0.05, 0.1) is 23.7 Å². The molecule has 1 amide bonds. The highest BCUT2D eigenvalue weighted by Crippen LogP contribution is 2.22. The van der Waals surface area contributed by atoms with E-state index >= 15 is 0 Å². The molecule has 31 heavy (non-hydrogen) atoms. The minimum Gasteiger partial charge on any atom is -0.379 e. The number of nitrogens with one attached hydrogen (secondary N) is 1. The number of hydrogen-bond donors (Lipinski definition) is 1. The molecule has 1 N–H and O–H groups in total. The number of carbonyl (C=O) groups excluding carboxylic acids is 1. The molecule has 2 aromatic carbocycles. The maximum Gasteiger partial charge on any atom is 0.257 e. The molecule has 2 fully saturated rings. The van der Waals surface area contributed by atoms with Crippen LogP contribution in [0, 0.1) is 0 Å². The van der Waals surface area contributed by atoms with E-state index in [1.165, 1.54) is 41.9 Å². The fourth-order valence-corrected chi connectivity index (χ4v) is 5.65. The maximum atomic E-state index is 13.1. The van der Waals surface area contributed by atoms with E-state index in [4.69, 9.17) is 4.74 Å². The van der Waals surface area contributed by atoms with Gasteiger partial charge in [0.25, 0.3) is 5.91 Å². The first-order chi connectivity index (χ1) is 15.0. The van der Waals surface area contributed by atoms with Crippen LogP contribution in [-0.2, 0) is 21.2 Å². The van der Waals surface area contributed by atoms with Gasteiger partial charge in [-0.05, 0) is 62.2 Å². The Bertz CT molecular complexity index is 996. The fraction of sp³-hybridized carbons (Fsp3) is 0.435. The molecular weight excluding hydrogens is 414 g/mol. The number of likely N-dealkylation sites (tertiary alicyclic amines) is 1. The maximum absolute atomic E-state index is 13.1. The van der Waals surface area contributed by atoms with Crippen molar-refractivity contribution in [1.82, 2.24) is 9.21 Å². The molecule has 0 aliphatic carbocycles. The molecule has 8 heteroatoms. The third-order valence-electron chi connectivity index (χ3n) is 5.85. The topological polar surface area (TPSA) is 79.0 Å². The largest absolute Gasteiger partial charge is 0.379 e. The number of hydrogen-bond acceptors (Lipinski definition) is 5. The quantitative estimate of drug-likeness (QED) is 0.712. The SMILES string of the molecule is O=C(Nc1ccc(CCN2CCCC2)cc1)c1ccccc1S(=O)(=O)N1CCOCC1. The predicted octanol–water partition coefficient (Wildman–Crippen LogP) is 2.60. The van der Waals surface area contributed by atoms with Crippen LogP contribution in [0.2, 0.25) is 0 Å². The van der Waals surface area contributed by atoms with Crippen LogP contribution < -0.4 is 5.32 Å². The van der Waals surface area contributed by atoms with Crippen molar-refractivity contribution in [3.05, 3.63) is 59.7 Å². The van der Waals surface area contributed by atoms with E-state index in [0.29, 0.717) is 18.9 Å². The molecule has 7 nitrogen and oxygen atoms in total. The van der Waals surface area contributed by atoms with Crippen molar-refractivity contribution < 1.29 is 17.9 Å². The van der Waals surface area contributed by atoms with Gasteiger partial charge in [-0.3, -0.25) is 4.79 Å². The fourth-order valence-electron chi connectivity index (χ4n) is 4.05. The molecule has 0 radical (unpaired) electrons. The summed E-state index contributed by atoms with van der Waals surface area (Å²) in [5, 5.41) is 2.84. The lowest BCUT2D eigenvalue weighted by Crippen LogP contribution is -2.41. The molecule has 2 aromatic rings. The Morgan fingerprint density at radius 2 is 1.61 bits per heavy atom. The lowest BCUT2D eigenvalue weighted by molar-refractivity contribution is 0.0730. The number of anilines is 1. The first-order valence-electron chi connectivity index (χ1n) is 10.8. The molecule has 0 bridgehead atoms. The second-order valence-corrected chi connectivity index (χ2v) is 9.87. The Kier molecular flexibility index (Phi) is 7.02. The highest BCUT2D eigenvalue weighted by Gasteiger charge is 2.30. The van der Waals surface area contributed by atoms with E-state index in [-0.39, 0.29) is 23.5 Å². The van der Waals surface area contributed by atoms with Gasteiger partial charge in [-0.15, -0.1) is 0 Å². The van der Waals surface area contributed by atoms with E-state index in [1.54, 1.807) is 18.2 Å². The summed E-state index contributed by atoms with van der Waals surface area (Å²) >= 11 is 0. The molecule has 2 aliphatic rings. The number of benzene rings is 2. The minimum absolute atomic E-state index is 0.0247. The molecule has 2 heterocycles. The second-order valence-electron chi connectivity index (χ2n) is 7.96. The molecule has 2 aliphatic heterocycles. The minimum atomic E-state index is -3.76. The molecule has 4 rings (SSSR count). The highest BCUT2D eigenvalue weighted by molar-refractivity contribution is 7.89. The van der Waals surface area contributed by atoms with Crippen LogP contribution in [-0.4, -0.2) is 69.5 Å². The Morgan fingerprint density at radius 3 is 2.32 bits per heavy atom. The smallest absolute Gasteiger partial charge is 0.257 e. The van der Waals surface area contributed by atoms with E-state index in [1.807, 2.05) is 24.3 Å². The lowest BCUT2D eigenvalue weighted by Gasteiger charge is -2.26. The van der Waals surface area contributed by atoms with Gasteiger partial charge < -0.3 is 15.0 Å². The summed E-state index contributed by atoms with van der Waals surface area (Å²) in [6.45, 7) is 4.71. The molecule has 0 saturated carbocycles. The van der Waals surface area contributed by atoms with Crippen molar-refractivity contribution in [3.63, 3.8) is 0 Å². The lowest BCUT2D eigenvalue weighted by atomic mass is 10.1. The van der Waals surface area contributed by atoms with Gasteiger partial charge >= 0.3 is 0 Å². The van der Waals surface area contributed by atoms with Crippen molar-refractivity contribution in [2.45, 2.75) is 24.2 Å². The van der Waals surface area contributed by atoms with Gasteiger partial charge in [0, 0.05) is 25.3 Å². The molecule has 0 spiro atoms. The van der Waals surface area contributed by atoms with Crippen LogP contribution in [0.25, 0.3) is 0 Å². The average Bonchev–Trinajstić information content (AvgIpc) is 3.33. The van der Waals surface area contributed by atoms with Crippen LogP contribution in [0.1, 0.15) is 28.8 Å². The van der Waals surface area contributed by atoms with Gasteiger partial charge in [-0.1, -0.05) is 24.3 Å².